The van der Waals surface area contributed by atoms with E-state index in [1.54, 1.807) is 12.1 Å². The predicted molar refractivity (Wildman–Crippen MR) is 118 cm³/mol. The minimum Gasteiger partial charge on any atom is -0.484 e. The van der Waals surface area contributed by atoms with Crippen LogP contribution in [0.15, 0.2) is 66.7 Å². The highest BCUT2D eigenvalue weighted by Gasteiger charge is 2.08. The lowest BCUT2D eigenvalue weighted by Gasteiger charge is -2.12. The number of fused-ring (bicyclic) bond motifs is 1. The molecule has 0 atom stereocenters. The molecule has 0 radical (unpaired) electrons. The third kappa shape index (κ3) is 6.46. The van der Waals surface area contributed by atoms with Crippen molar-refractivity contribution in [2.75, 3.05) is 13.2 Å². The molecule has 0 aliphatic rings. The van der Waals surface area contributed by atoms with Gasteiger partial charge in [0.2, 0.25) is 0 Å². The normalized spacial score (nSPS) is 10.2. The summed E-state index contributed by atoms with van der Waals surface area (Å²) < 4.78 is 10.9. The highest BCUT2D eigenvalue weighted by molar-refractivity contribution is 7.80. The van der Waals surface area contributed by atoms with E-state index in [1.807, 2.05) is 61.5 Å². The number of aryl methyl sites for hydroxylation is 1. The Labute approximate surface area is 179 Å². The van der Waals surface area contributed by atoms with Crippen LogP contribution in [0.3, 0.4) is 0 Å². The Kier molecular flexibility index (Phi) is 7.18. The van der Waals surface area contributed by atoms with Gasteiger partial charge in [0, 0.05) is 0 Å². The quantitative estimate of drug-likeness (QED) is 0.417. The van der Waals surface area contributed by atoms with Gasteiger partial charge in [-0.25, -0.2) is 0 Å². The molecule has 3 rings (SSSR count). The maximum absolute atomic E-state index is 12.0. The van der Waals surface area contributed by atoms with E-state index >= 15 is 0 Å². The average Bonchev–Trinajstić information content (AvgIpc) is 2.75. The number of amides is 2. The zero-order valence-electron chi connectivity index (χ0n) is 16.3. The molecule has 0 aliphatic heterocycles. The van der Waals surface area contributed by atoms with Crippen molar-refractivity contribution in [3.63, 3.8) is 0 Å². The Morgan fingerprint density at radius 1 is 0.800 bits per heavy atom. The largest absolute Gasteiger partial charge is 0.484 e. The lowest BCUT2D eigenvalue weighted by Crippen LogP contribution is -2.50. The van der Waals surface area contributed by atoms with Gasteiger partial charge in [0.25, 0.3) is 11.8 Å². The summed E-state index contributed by atoms with van der Waals surface area (Å²) in [5.74, 6) is 0.266. The van der Waals surface area contributed by atoms with Gasteiger partial charge in [0.15, 0.2) is 18.3 Å². The Hall–Kier alpha value is -3.65. The number of thiocarbonyl (C=S) groups is 1. The van der Waals surface area contributed by atoms with Crippen LogP contribution in [0.1, 0.15) is 5.56 Å². The van der Waals surface area contributed by atoms with Crippen molar-refractivity contribution >= 4 is 39.9 Å². The topological polar surface area (TPSA) is 88.7 Å². The molecule has 3 aromatic rings. The molecule has 0 aromatic heterocycles. The highest BCUT2D eigenvalue weighted by Crippen LogP contribution is 2.20. The summed E-state index contributed by atoms with van der Waals surface area (Å²) in [5.41, 5.74) is 5.83. The molecule has 30 heavy (non-hydrogen) atoms. The summed E-state index contributed by atoms with van der Waals surface area (Å²) in [6, 6.07) is 20.8. The number of hydrogen-bond donors (Lipinski definition) is 3. The summed E-state index contributed by atoms with van der Waals surface area (Å²) in [6.45, 7) is 1.52. The Morgan fingerprint density at radius 2 is 1.50 bits per heavy atom. The SMILES string of the molecule is Cc1cccc(OCC(=O)NNC(=S)NC(=O)COc2ccc3ccccc3c2)c1. The monoisotopic (exact) mass is 423 g/mol. The van der Waals surface area contributed by atoms with Crippen LogP contribution in [-0.4, -0.2) is 30.1 Å². The molecule has 2 amide bonds. The number of nitrogens with one attached hydrogen (secondary N) is 3. The van der Waals surface area contributed by atoms with Gasteiger partial charge in [-0.3, -0.25) is 25.8 Å². The summed E-state index contributed by atoms with van der Waals surface area (Å²) in [6.07, 6.45) is 0. The molecule has 0 fully saturated rings. The molecule has 3 N–H and O–H groups in total. The zero-order valence-corrected chi connectivity index (χ0v) is 17.1. The first-order chi connectivity index (χ1) is 14.5. The summed E-state index contributed by atoms with van der Waals surface area (Å²) >= 11 is 4.98. The molecule has 0 bridgehead atoms. The average molecular weight is 423 g/mol. The van der Waals surface area contributed by atoms with E-state index in [9.17, 15) is 9.59 Å². The van der Waals surface area contributed by atoms with Crippen LogP contribution in [0.25, 0.3) is 10.8 Å². The van der Waals surface area contributed by atoms with Gasteiger partial charge in [0.1, 0.15) is 11.5 Å². The second kappa shape index (κ2) is 10.2. The standard InChI is InChI=1S/C22H21N3O4S/c1-15-5-4-8-18(11-15)29-14-21(27)24-25-22(30)23-20(26)13-28-19-10-9-16-6-2-3-7-17(16)12-19/h2-12H,13-14H2,1H3,(H,24,27)(H2,23,25,26,30). The van der Waals surface area contributed by atoms with E-state index in [2.05, 4.69) is 16.2 Å². The Balaban J connectivity index is 1.36. The second-order valence-electron chi connectivity index (χ2n) is 6.45. The Morgan fingerprint density at radius 3 is 2.27 bits per heavy atom. The number of hydrazine groups is 1. The predicted octanol–water partition coefficient (Wildman–Crippen LogP) is 2.63. The minimum absolute atomic E-state index is 0.0500. The van der Waals surface area contributed by atoms with E-state index in [1.165, 1.54) is 0 Å². The van der Waals surface area contributed by atoms with Gasteiger partial charge in [0.05, 0.1) is 0 Å². The maximum Gasteiger partial charge on any atom is 0.276 e. The fourth-order valence-corrected chi connectivity index (χ4v) is 2.78. The molecule has 0 saturated carbocycles. The number of rotatable bonds is 6. The summed E-state index contributed by atoms with van der Waals surface area (Å²) in [5, 5.41) is 4.48. The Bertz CT molecular complexity index is 1070. The van der Waals surface area contributed by atoms with E-state index < -0.39 is 11.8 Å². The van der Waals surface area contributed by atoms with Crippen LogP contribution >= 0.6 is 12.2 Å². The first-order valence-corrected chi connectivity index (χ1v) is 9.60. The zero-order chi connectivity index (χ0) is 21.3. The lowest BCUT2D eigenvalue weighted by atomic mass is 10.1. The van der Waals surface area contributed by atoms with Crippen LogP contribution in [0, 0.1) is 6.92 Å². The maximum atomic E-state index is 12.0. The fraction of sp³-hybridized carbons (Fsp3) is 0.136. The first-order valence-electron chi connectivity index (χ1n) is 9.19. The summed E-state index contributed by atoms with van der Waals surface area (Å²) in [7, 11) is 0. The number of carbonyl (C=O) groups is 2. The third-order valence-corrected chi connectivity index (χ3v) is 4.22. The van der Waals surface area contributed by atoms with Crippen LogP contribution in [-0.2, 0) is 9.59 Å². The van der Waals surface area contributed by atoms with E-state index in [0.29, 0.717) is 11.5 Å². The van der Waals surface area contributed by atoms with Crippen molar-refractivity contribution in [3.8, 4) is 11.5 Å². The van der Waals surface area contributed by atoms with E-state index in [4.69, 9.17) is 21.7 Å². The minimum atomic E-state index is -0.453. The van der Waals surface area contributed by atoms with Crippen molar-refractivity contribution in [1.82, 2.24) is 16.2 Å². The van der Waals surface area contributed by atoms with E-state index in [-0.39, 0.29) is 18.3 Å². The van der Waals surface area contributed by atoms with Gasteiger partial charge in [-0.05, 0) is 59.7 Å². The molecule has 0 aliphatic carbocycles. The molecule has 0 spiro atoms. The van der Waals surface area contributed by atoms with Crippen molar-refractivity contribution < 1.29 is 19.1 Å². The van der Waals surface area contributed by atoms with Gasteiger partial charge in [-0.2, -0.15) is 0 Å². The first kappa shape index (κ1) is 21.1. The summed E-state index contributed by atoms with van der Waals surface area (Å²) in [4.78, 5) is 23.8. The van der Waals surface area contributed by atoms with Crippen LogP contribution in [0.5, 0.6) is 11.5 Å². The highest BCUT2D eigenvalue weighted by atomic mass is 32.1. The molecule has 0 heterocycles. The van der Waals surface area contributed by atoms with Crippen LogP contribution in [0.4, 0.5) is 0 Å². The van der Waals surface area contributed by atoms with Gasteiger partial charge in [-0.1, -0.05) is 42.5 Å². The molecule has 7 nitrogen and oxygen atoms in total. The molecule has 3 aromatic carbocycles. The molecule has 0 saturated heterocycles. The third-order valence-electron chi connectivity index (χ3n) is 4.02. The fourth-order valence-electron chi connectivity index (χ4n) is 2.62. The number of ether oxygens (including phenoxy) is 2. The number of carbonyl (C=O) groups excluding carboxylic acids is 2. The molecule has 8 heteroatoms. The number of hydrogen-bond acceptors (Lipinski definition) is 5. The van der Waals surface area contributed by atoms with Crippen molar-refractivity contribution in [2.24, 2.45) is 0 Å². The number of benzene rings is 3. The van der Waals surface area contributed by atoms with Crippen molar-refractivity contribution in [1.29, 1.82) is 0 Å². The molecular formula is C22H21N3O4S. The molecular weight excluding hydrogens is 402 g/mol. The van der Waals surface area contributed by atoms with Crippen LogP contribution < -0.4 is 25.6 Å². The second-order valence-corrected chi connectivity index (χ2v) is 6.86. The van der Waals surface area contributed by atoms with E-state index in [0.717, 1.165) is 16.3 Å². The van der Waals surface area contributed by atoms with Crippen molar-refractivity contribution in [2.45, 2.75) is 6.92 Å². The smallest absolute Gasteiger partial charge is 0.276 e. The van der Waals surface area contributed by atoms with Gasteiger partial charge in [-0.15, -0.1) is 0 Å². The van der Waals surface area contributed by atoms with Gasteiger partial charge >= 0.3 is 0 Å². The van der Waals surface area contributed by atoms with Crippen LogP contribution in [0.2, 0.25) is 0 Å². The van der Waals surface area contributed by atoms with Gasteiger partial charge < -0.3 is 9.47 Å². The molecule has 0 unspecified atom stereocenters. The van der Waals surface area contributed by atoms with Crippen molar-refractivity contribution in [3.05, 3.63) is 72.3 Å². The lowest BCUT2D eigenvalue weighted by molar-refractivity contribution is -0.124. The molecule has 154 valence electrons.